The SMILES string of the molecule is COc1cc(C(F)(F)F)cc(S(C)(=O)=O)c1C(=O)Cl. The molecule has 9 heteroatoms. The van der Waals surface area contributed by atoms with E-state index in [4.69, 9.17) is 11.6 Å². The predicted molar refractivity (Wildman–Crippen MR) is 61.3 cm³/mol. The van der Waals surface area contributed by atoms with Crippen molar-refractivity contribution in [2.24, 2.45) is 0 Å². The van der Waals surface area contributed by atoms with Gasteiger partial charge in [0.25, 0.3) is 5.24 Å². The maximum absolute atomic E-state index is 12.6. The second-order valence-corrected chi connectivity index (χ2v) is 5.92. The van der Waals surface area contributed by atoms with E-state index >= 15 is 0 Å². The molecule has 0 unspecified atom stereocenters. The highest BCUT2D eigenvalue weighted by atomic mass is 35.5. The number of methoxy groups -OCH3 is 1. The van der Waals surface area contributed by atoms with Gasteiger partial charge < -0.3 is 4.74 Å². The summed E-state index contributed by atoms with van der Waals surface area (Å²) in [7, 11) is -3.07. The van der Waals surface area contributed by atoms with Crippen molar-refractivity contribution >= 4 is 26.7 Å². The van der Waals surface area contributed by atoms with Crippen molar-refractivity contribution in [3.63, 3.8) is 0 Å². The molecule has 19 heavy (non-hydrogen) atoms. The van der Waals surface area contributed by atoms with Gasteiger partial charge in [0.2, 0.25) is 0 Å². The number of halogens is 4. The highest BCUT2D eigenvalue weighted by Crippen LogP contribution is 2.37. The molecule has 0 atom stereocenters. The molecule has 0 spiro atoms. The Morgan fingerprint density at radius 2 is 1.84 bits per heavy atom. The zero-order valence-electron chi connectivity index (χ0n) is 9.71. The van der Waals surface area contributed by atoms with Crippen molar-refractivity contribution in [2.45, 2.75) is 11.1 Å². The zero-order chi connectivity index (χ0) is 15.0. The van der Waals surface area contributed by atoms with E-state index in [0.29, 0.717) is 18.4 Å². The summed E-state index contributed by atoms with van der Waals surface area (Å²) < 4.78 is 65.5. The minimum Gasteiger partial charge on any atom is -0.496 e. The molecule has 0 aliphatic carbocycles. The summed E-state index contributed by atoms with van der Waals surface area (Å²) in [4.78, 5) is 10.4. The van der Waals surface area contributed by atoms with Crippen LogP contribution in [0.2, 0.25) is 0 Å². The Bertz CT molecular complexity index is 622. The van der Waals surface area contributed by atoms with Gasteiger partial charge in [-0.3, -0.25) is 4.79 Å². The summed E-state index contributed by atoms with van der Waals surface area (Å²) in [6.07, 6.45) is -4.11. The number of carbonyl (C=O) groups is 1. The summed E-state index contributed by atoms with van der Waals surface area (Å²) in [5, 5.41) is -1.22. The third-order valence-electron chi connectivity index (χ3n) is 2.21. The first kappa shape index (κ1) is 15.8. The van der Waals surface area contributed by atoms with E-state index in [2.05, 4.69) is 4.74 Å². The van der Waals surface area contributed by atoms with Crippen LogP contribution in [0.3, 0.4) is 0 Å². The molecule has 1 aromatic rings. The largest absolute Gasteiger partial charge is 0.496 e. The van der Waals surface area contributed by atoms with Crippen molar-refractivity contribution in [1.82, 2.24) is 0 Å². The van der Waals surface area contributed by atoms with Crippen LogP contribution in [0.1, 0.15) is 15.9 Å². The lowest BCUT2D eigenvalue weighted by Crippen LogP contribution is -2.12. The van der Waals surface area contributed by atoms with Crippen LogP contribution in [0.5, 0.6) is 5.75 Å². The average molecular weight is 317 g/mol. The average Bonchev–Trinajstić information content (AvgIpc) is 2.24. The standard InChI is InChI=1S/C10H8ClF3O4S/c1-18-6-3-5(10(12,13)14)4-7(19(2,16)17)8(6)9(11)15/h3-4H,1-2H3. The molecular weight excluding hydrogens is 309 g/mol. The lowest BCUT2D eigenvalue weighted by Gasteiger charge is -2.14. The van der Waals surface area contributed by atoms with E-state index in [9.17, 15) is 26.4 Å². The van der Waals surface area contributed by atoms with Gasteiger partial charge in [0.1, 0.15) is 5.75 Å². The molecule has 0 saturated carbocycles. The molecule has 0 aliphatic rings. The highest BCUT2D eigenvalue weighted by molar-refractivity contribution is 7.90. The minimum atomic E-state index is -4.78. The molecule has 0 amide bonds. The fourth-order valence-corrected chi connectivity index (χ4v) is 2.56. The van der Waals surface area contributed by atoms with Gasteiger partial charge in [-0.25, -0.2) is 8.42 Å². The predicted octanol–water partition coefficient (Wildman–Crippen LogP) is 2.50. The number of rotatable bonds is 3. The van der Waals surface area contributed by atoms with Crippen molar-refractivity contribution in [3.05, 3.63) is 23.3 Å². The second-order valence-electron chi connectivity index (χ2n) is 3.60. The molecule has 0 heterocycles. The molecular formula is C10H8ClF3O4S. The van der Waals surface area contributed by atoms with Gasteiger partial charge in [0.15, 0.2) is 9.84 Å². The minimum absolute atomic E-state index is 0.355. The van der Waals surface area contributed by atoms with E-state index in [1.54, 1.807) is 0 Å². The number of benzene rings is 1. The molecule has 1 aromatic carbocycles. The summed E-state index contributed by atoms with van der Waals surface area (Å²) in [6, 6.07) is 0.873. The van der Waals surface area contributed by atoms with E-state index in [1.807, 2.05) is 0 Å². The second kappa shape index (κ2) is 5.01. The molecule has 0 bridgehead atoms. The Morgan fingerprint density at radius 3 is 2.16 bits per heavy atom. The summed E-state index contributed by atoms with van der Waals surface area (Å²) in [5.41, 5.74) is -1.86. The topological polar surface area (TPSA) is 60.4 Å². The smallest absolute Gasteiger partial charge is 0.416 e. The van der Waals surface area contributed by atoms with Gasteiger partial charge in [0.05, 0.1) is 23.1 Å². The molecule has 0 aliphatic heterocycles. The van der Waals surface area contributed by atoms with Crippen LogP contribution < -0.4 is 4.74 Å². The Kier molecular flexibility index (Phi) is 4.16. The summed E-state index contributed by atoms with van der Waals surface area (Å²) in [5.74, 6) is -0.546. The Balaban J connectivity index is 3.81. The lowest BCUT2D eigenvalue weighted by atomic mass is 10.1. The monoisotopic (exact) mass is 316 g/mol. The normalized spacial score (nSPS) is 12.3. The van der Waals surface area contributed by atoms with Gasteiger partial charge in [-0.05, 0) is 23.7 Å². The zero-order valence-corrected chi connectivity index (χ0v) is 11.3. The lowest BCUT2D eigenvalue weighted by molar-refractivity contribution is -0.137. The van der Waals surface area contributed by atoms with Crippen LogP contribution in [0.4, 0.5) is 13.2 Å². The number of hydrogen-bond acceptors (Lipinski definition) is 4. The van der Waals surface area contributed by atoms with Gasteiger partial charge >= 0.3 is 6.18 Å². The maximum Gasteiger partial charge on any atom is 0.416 e. The number of hydrogen-bond donors (Lipinski definition) is 0. The molecule has 0 radical (unpaired) electrons. The first-order chi connectivity index (χ1) is 8.48. The Morgan fingerprint density at radius 1 is 1.32 bits per heavy atom. The van der Waals surface area contributed by atoms with Crippen molar-refractivity contribution in [1.29, 1.82) is 0 Å². The molecule has 4 nitrogen and oxygen atoms in total. The number of ether oxygens (including phenoxy) is 1. The number of carbonyl (C=O) groups excluding carboxylic acids is 1. The fourth-order valence-electron chi connectivity index (χ4n) is 1.40. The highest BCUT2D eigenvalue weighted by Gasteiger charge is 2.35. The van der Waals surface area contributed by atoms with Gasteiger partial charge in [-0.1, -0.05) is 0 Å². The van der Waals surface area contributed by atoms with Crippen LogP contribution in [0, 0.1) is 0 Å². The van der Waals surface area contributed by atoms with Crippen LogP contribution in [0.15, 0.2) is 17.0 Å². The van der Waals surface area contributed by atoms with Crippen LogP contribution in [0.25, 0.3) is 0 Å². The molecule has 0 aromatic heterocycles. The molecule has 0 fully saturated rings. The van der Waals surface area contributed by atoms with Crippen LogP contribution in [-0.4, -0.2) is 27.0 Å². The van der Waals surface area contributed by atoms with Crippen molar-refractivity contribution in [2.75, 3.05) is 13.4 Å². The number of sulfone groups is 1. The molecule has 106 valence electrons. The van der Waals surface area contributed by atoms with E-state index in [0.717, 1.165) is 7.11 Å². The third kappa shape index (κ3) is 3.38. The third-order valence-corrected chi connectivity index (χ3v) is 3.52. The summed E-state index contributed by atoms with van der Waals surface area (Å²) in [6.45, 7) is 0. The molecule has 0 N–H and O–H groups in total. The van der Waals surface area contributed by atoms with Gasteiger partial charge in [0, 0.05) is 6.26 Å². The van der Waals surface area contributed by atoms with Crippen molar-refractivity contribution < 1.29 is 31.1 Å². The fraction of sp³-hybridized carbons (Fsp3) is 0.300. The Hall–Kier alpha value is -1.28. The molecule has 0 saturated heterocycles. The molecule has 1 rings (SSSR count). The Labute approximate surface area is 112 Å². The van der Waals surface area contributed by atoms with E-state index < -0.39 is 43.0 Å². The number of alkyl halides is 3. The van der Waals surface area contributed by atoms with Gasteiger partial charge in [-0.2, -0.15) is 13.2 Å². The van der Waals surface area contributed by atoms with E-state index in [-0.39, 0.29) is 0 Å². The maximum atomic E-state index is 12.6. The quantitative estimate of drug-likeness (QED) is 0.804. The van der Waals surface area contributed by atoms with E-state index in [1.165, 1.54) is 0 Å². The van der Waals surface area contributed by atoms with Gasteiger partial charge in [-0.15, -0.1) is 0 Å². The van der Waals surface area contributed by atoms with Crippen molar-refractivity contribution in [3.8, 4) is 5.75 Å². The first-order valence-corrected chi connectivity index (χ1v) is 6.94. The van der Waals surface area contributed by atoms with Crippen LogP contribution in [-0.2, 0) is 16.0 Å². The summed E-state index contributed by atoms with van der Waals surface area (Å²) >= 11 is 5.20. The first-order valence-electron chi connectivity index (χ1n) is 4.67. The van der Waals surface area contributed by atoms with Crippen LogP contribution >= 0.6 is 11.6 Å².